The number of amides is 5. The lowest BCUT2D eigenvalue weighted by atomic mass is 9.95. The van der Waals surface area contributed by atoms with E-state index in [9.17, 15) is 19.2 Å². The predicted octanol–water partition coefficient (Wildman–Crippen LogP) is 0.338. The number of benzene rings is 1. The number of halogens is 1. The maximum atomic E-state index is 12.6. The molecule has 2 heterocycles. The van der Waals surface area contributed by atoms with Crippen LogP contribution in [0.3, 0.4) is 0 Å². The van der Waals surface area contributed by atoms with Crippen LogP contribution in [0.2, 0.25) is 0 Å². The fourth-order valence-corrected chi connectivity index (χ4v) is 3.30. The van der Waals surface area contributed by atoms with E-state index in [0.29, 0.717) is 18.0 Å². The molecule has 3 rings (SSSR count). The van der Waals surface area contributed by atoms with Gasteiger partial charge in [-0.05, 0) is 5.56 Å². The largest absolute Gasteiger partial charge is 0.339 e. The number of hydrogen-bond acceptors (Lipinski definition) is 5. The average molecular weight is 393 g/mol. The molecule has 9 heteroatoms. The van der Waals surface area contributed by atoms with Crippen LogP contribution in [0, 0.1) is 0 Å². The molecule has 0 aromatic heterocycles. The molecular weight excluding hydrogens is 372 g/mol. The van der Waals surface area contributed by atoms with E-state index in [-0.39, 0.29) is 30.9 Å². The van der Waals surface area contributed by atoms with E-state index in [0.717, 1.165) is 10.5 Å². The molecule has 27 heavy (non-hydrogen) atoms. The summed E-state index contributed by atoms with van der Waals surface area (Å²) in [6.07, 6.45) is 1.35. The summed E-state index contributed by atoms with van der Waals surface area (Å²) in [5.74, 6) is -2.35. The van der Waals surface area contributed by atoms with E-state index >= 15 is 0 Å². The van der Waals surface area contributed by atoms with Gasteiger partial charge in [0.15, 0.2) is 0 Å². The van der Waals surface area contributed by atoms with Gasteiger partial charge < -0.3 is 10.6 Å². The van der Waals surface area contributed by atoms with Gasteiger partial charge in [-0.15, -0.1) is 19.0 Å². The second-order valence-corrected chi connectivity index (χ2v) is 6.36. The summed E-state index contributed by atoms with van der Waals surface area (Å²) in [5.41, 5.74) is 7.21. The van der Waals surface area contributed by atoms with Gasteiger partial charge in [0.1, 0.15) is 6.54 Å². The van der Waals surface area contributed by atoms with Crippen molar-refractivity contribution in [3.8, 4) is 0 Å². The first-order valence-electron chi connectivity index (χ1n) is 8.30. The lowest BCUT2D eigenvalue weighted by Gasteiger charge is -2.20. The molecule has 0 unspecified atom stereocenters. The summed E-state index contributed by atoms with van der Waals surface area (Å²) in [6.45, 7) is 3.65. The molecule has 2 fully saturated rings. The van der Waals surface area contributed by atoms with Crippen molar-refractivity contribution >= 4 is 36.2 Å². The molecule has 0 aliphatic carbocycles. The Bertz CT molecular complexity index is 770. The van der Waals surface area contributed by atoms with Crippen molar-refractivity contribution in [2.24, 2.45) is 5.73 Å². The molecule has 2 aliphatic heterocycles. The highest BCUT2D eigenvalue weighted by Gasteiger charge is 2.45. The third-order valence-corrected chi connectivity index (χ3v) is 4.69. The Labute approximate surface area is 163 Å². The van der Waals surface area contributed by atoms with Crippen LogP contribution in [0.15, 0.2) is 43.0 Å². The number of rotatable bonds is 5. The van der Waals surface area contributed by atoms with Crippen LogP contribution in [0.4, 0.5) is 4.79 Å². The maximum absolute atomic E-state index is 12.6. The number of carbonyl (C=O) groups excluding carboxylic acids is 4. The maximum Gasteiger partial charge on any atom is 0.335 e. The second kappa shape index (κ2) is 8.32. The van der Waals surface area contributed by atoms with Crippen molar-refractivity contribution in [1.29, 1.82) is 0 Å². The Kier molecular flexibility index (Phi) is 6.35. The van der Waals surface area contributed by atoms with Crippen LogP contribution in [0.25, 0.3) is 0 Å². The second-order valence-electron chi connectivity index (χ2n) is 6.36. The summed E-state index contributed by atoms with van der Waals surface area (Å²) in [7, 11) is 0. The molecule has 2 N–H and O–H groups in total. The Hall–Kier alpha value is -2.71. The minimum Gasteiger partial charge on any atom is -0.339 e. The Morgan fingerprint density at radius 1 is 1.11 bits per heavy atom. The molecule has 1 aromatic rings. The quantitative estimate of drug-likeness (QED) is 0.442. The number of urea groups is 1. The van der Waals surface area contributed by atoms with E-state index < -0.39 is 30.3 Å². The van der Waals surface area contributed by atoms with Crippen LogP contribution in [0.1, 0.15) is 11.5 Å². The SMILES string of the molecule is C=CCN1C(=O)C(=O)N(CC(=O)N2C[C@@H](N)[C@H](c3ccccc3)C2)C1=O.Cl. The number of nitrogens with two attached hydrogens (primary N) is 1. The highest BCUT2D eigenvalue weighted by molar-refractivity contribution is 6.45. The summed E-state index contributed by atoms with van der Waals surface area (Å²) >= 11 is 0. The summed E-state index contributed by atoms with van der Waals surface area (Å²) in [5, 5.41) is 0. The third-order valence-electron chi connectivity index (χ3n) is 4.69. The average Bonchev–Trinajstić information content (AvgIpc) is 3.12. The van der Waals surface area contributed by atoms with Gasteiger partial charge >= 0.3 is 17.8 Å². The van der Waals surface area contributed by atoms with E-state index in [4.69, 9.17) is 5.73 Å². The van der Waals surface area contributed by atoms with Crippen LogP contribution in [-0.4, -0.2) is 70.7 Å². The predicted molar refractivity (Wildman–Crippen MR) is 100 cm³/mol. The monoisotopic (exact) mass is 392 g/mol. The van der Waals surface area contributed by atoms with E-state index in [1.54, 1.807) is 0 Å². The van der Waals surface area contributed by atoms with Crippen molar-refractivity contribution in [3.05, 3.63) is 48.6 Å². The van der Waals surface area contributed by atoms with Gasteiger partial charge in [0.2, 0.25) is 5.91 Å². The van der Waals surface area contributed by atoms with E-state index in [1.165, 1.54) is 11.0 Å². The number of hydrogen-bond donors (Lipinski definition) is 1. The zero-order valence-corrected chi connectivity index (χ0v) is 15.4. The van der Waals surface area contributed by atoms with Crippen molar-refractivity contribution in [1.82, 2.24) is 14.7 Å². The van der Waals surface area contributed by atoms with Gasteiger partial charge in [-0.25, -0.2) is 9.69 Å². The number of carbonyl (C=O) groups is 4. The zero-order chi connectivity index (χ0) is 18.8. The Morgan fingerprint density at radius 3 is 2.37 bits per heavy atom. The zero-order valence-electron chi connectivity index (χ0n) is 14.6. The van der Waals surface area contributed by atoms with Crippen molar-refractivity contribution < 1.29 is 19.2 Å². The van der Waals surface area contributed by atoms with Crippen molar-refractivity contribution in [3.63, 3.8) is 0 Å². The smallest absolute Gasteiger partial charge is 0.335 e. The highest BCUT2D eigenvalue weighted by Crippen LogP contribution is 2.26. The lowest BCUT2D eigenvalue weighted by Crippen LogP contribution is -2.43. The van der Waals surface area contributed by atoms with Gasteiger partial charge in [0, 0.05) is 31.6 Å². The molecule has 0 saturated carbocycles. The number of imide groups is 2. The molecule has 0 radical (unpaired) electrons. The first-order chi connectivity index (χ1) is 12.4. The van der Waals surface area contributed by atoms with Crippen molar-refractivity contribution in [2.45, 2.75) is 12.0 Å². The number of likely N-dealkylation sites (tertiary alicyclic amines) is 1. The third kappa shape index (κ3) is 3.86. The molecule has 0 bridgehead atoms. The Balaban J connectivity index is 0.00000261. The highest BCUT2D eigenvalue weighted by atomic mass is 35.5. The molecule has 2 saturated heterocycles. The molecule has 0 spiro atoms. The summed E-state index contributed by atoms with van der Waals surface area (Å²) in [4.78, 5) is 51.5. The normalized spacial score (nSPS) is 22.3. The first-order valence-corrected chi connectivity index (χ1v) is 8.30. The standard InChI is InChI=1S/C18H20N4O4.ClH/c1-2-8-21-16(24)17(25)22(18(21)26)11-15(23)20-9-13(14(19)10-20)12-6-4-3-5-7-12;/h2-7,13-14H,1,8-11,19H2;1H/t13-,14+;/m0./s1. The molecule has 8 nitrogen and oxygen atoms in total. The van der Waals surface area contributed by atoms with Crippen molar-refractivity contribution in [2.75, 3.05) is 26.2 Å². The van der Waals surface area contributed by atoms with Gasteiger partial charge in [-0.2, -0.15) is 0 Å². The number of nitrogens with zero attached hydrogens (tertiary/aromatic N) is 3. The van der Waals surface area contributed by atoms with Gasteiger partial charge in [-0.3, -0.25) is 19.3 Å². The molecule has 2 aliphatic rings. The van der Waals surface area contributed by atoms with E-state index in [1.807, 2.05) is 30.3 Å². The molecule has 1 aromatic carbocycles. The molecule has 2 atom stereocenters. The van der Waals surface area contributed by atoms with Crippen LogP contribution >= 0.6 is 12.4 Å². The summed E-state index contributed by atoms with van der Waals surface area (Å²) < 4.78 is 0. The first kappa shape index (κ1) is 20.6. The van der Waals surface area contributed by atoms with Gasteiger partial charge in [0.05, 0.1) is 0 Å². The molecule has 144 valence electrons. The van der Waals surface area contributed by atoms with Gasteiger partial charge in [0.25, 0.3) is 0 Å². The minimum absolute atomic E-state index is 0. The van der Waals surface area contributed by atoms with Crippen LogP contribution < -0.4 is 5.73 Å². The van der Waals surface area contributed by atoms with E-state index in [2.05, 4.69) is 6.58 Å². The van der Waals surface area contributed by atoms with Crippen LogP contribution in [-0.2, 0) is 14.4 Å². The van der Waals surface area contributed by atoms with Gasteiger partial charge in [-0.1, -0.05) is 36.4 Å². The topological polar surface area (TPSA) is 104 Å². The molecule has 5 amide bonds. The summed E-state index contributed by atoms with van der Waals surface area (Å²) in [6, 6.07) is 8.61. The fourth-order valence-electron chi connectivity index (χ4n) is 3.30. The minimum atomic E-state index is -0.992. The van der Waals surface area contributed by atoms with Crippen LogP contribution in [0.5, 0.6) is 0 Å². The lowest BCUT2D eigenvalue weighted by molar-refractivity contribution is -0.144. The molecular formula is C18H21ClN4O4. The fraction of sp³-hybridized carbons (Fsp3) is 0.333. The Morgan fingerprint density at radius 2 is 1.74 bits per heavy atom.